The Kier molecular flexibility index (Phi) is 3.23. The number of primary sulfonamides is 1. The number of hydrogen-bond acceptors (Lipinski definition) is 2. The molecule has 1 atom stereocenters. The third kappa shape index (κ3) is 2.30. The van der Waals surface area contributed by atoms with E-state index in [0.717, 1.165) is 0 Å². The number of rotatable bonds is 3. The fourth-order valence-corrected chi connectivity index (χ4v) is 2.01. The van der Waals surface area contributed by atoms with Crippen LogP contribution in [0.3, 0.4) is 0 Å². The van der Waals surface area contributed by atoms with E-state index in [4.69, 9.17) is 5.14 Å². The van der Waals surface area contributed by atoms with Crippen LogP contribution in [0.4, 0.5) is 4.39 Å². The summed E-state index contributed by atoms with van der Waals surface area (Å²) in [7, 11) is -3.83. The minimum atomic E-state index is -3.83. The van der Waals surface area contributed by atoms with Crippen molar-refractivity contribution in [1.82, 2.24) is 0 Å². The molecule has 0 saturated heterocycles. The highest BCUT2D eigenvalue weighted by Gasteiger charge is 2.18. The van der Waals surface area contributed by atoms with E-state index in [1.54, 1.807) is 13.0 Å². The average molecular weight is 217 g/mol. The highest BCUT2D eigenvalue weighted by Crippen LogP contribution is 2.26. The van der Waals surface area contributed by atoms with Crippen LogP contribution >= 0.6 is 0 Å². The Labute approximate surface area is 82.8 Å². The molecule has 0 bridgehead atoms. The van der Waals surface area contributed by atoms with Crippen molar-refractivity contribution in [3.63, 3.8) is 0 Å². The molecule has 14 heavy (non-hydrogen) atoms. The van der Waals surface area contributed by atoms with E-state index >= 15 is 0 Å². The van der Waals surface area contributed by atoms with Crippen LogP contribution in [0.15, 0.2) is 29.2 Å². The van der Waals surface area contributed by atoms with Crippen molar-refractivity contribution in [3.05, 3.63) is 29.8 Å². The Morgan fingerprint density at radius 1 is 1.43 bits per heavy atom. The maximum absolute atomic E-state index is 13.3. The molecule has 1 aromatic carbocycles. The second-order valence-corrected chi connectivity index (χ2v) is 4.49. The Bertz CT molecular complexity index is 417. The molecule has 0 aromatic heterocycles. The Morgan fingerprint density at radius 2 is 2.00 bits per heavy atom. The zero-order valence-electron chi connectivity index (χ0n) is 7.77. The molecule has 0 fully saturated rings. The van der Waals surface area contributed by atoms with Crippen LogP contribution in [-0.2, 0) is 10.0 Å². The van der Waals surface area contributed by atoms with E-state index in [1.165, 1.54) is 18.2 Å². The summed E-state index contributed by atoms with van der Waals surface area (Å²) in [4.78, 5) is -0.130. The zero-order valence-corrected chi connectivity index (χ0v) is 8.59. The fourth-order valence-electron chi connectivity index (χ4n) is 1.22. The third-order valence-electron chi connectivity index (χ3n) is 1.92. The zero-order chi connectivity index (χ0) is 10.8. The summed E-state index contributed by atoms with van der Waals surface area (Å²) in [5, 5.41) is 4.96. The summed E-state index contributed by atoms with van der Waals surface area (Å²) >= 11 is 0. The van der Waals surface area contributed by atoms with E-state index in [0.29, 0.717) is 0 Å². The largest absolute Gasteiger partial charge is 0.242 e. The van der Waals surface area contributed by atoms with Gasteiger partial charge in [0.1, 0.15) is 6.17 Å². The van der Waals surface area contributed by atoms with Gasteiger partial charge in [0.2, 0.25) is 10.0 Å². The number of halogens is 1. The fraction of sp³-hybridized carbons (Fsp3) is 0.333. The lowest BCUT2D eigenvalue weighted by Crippen LogP contribution is -2.15. The van der Waals surface area contributed by atoms with Gasteiger partial charge in [0.25, 0.3) is 0 Å². The van der Waals surface area contributed by atoms with Gasteiger partial charge in [0, 0.05) is 5.56 Å². The molecule has 1 unspecified atom stereocenters. The lowest BCUT2D eigenvalue weighted by atomic mass is 10.1. The first kappa shape index (κ1) is 11.1. The minimum absolute atomic E-state index is 0.130. The molecule has 0 spiro atoms. The lowest BCUT2D eigenvalue weighted by molar-refractivity contribution is 0.329. The average Bonchev–Trinajstić information content (AvgIpc) is 2.15. The van der Waals surface area contributed by atoms with Crippen molar-refractivity contribution >= 4 is 10.0 Å². The van der Waals surface area contributed by atoms with Gasteiger partial charge in [0.15, 0.2) is 0 Å². The summed E-state index contributed by atoms with van der Waals surface area (Å²) in [5.41, 5.74) is 0.137. The molecule has 0 radical (unpaired) electrons. The lowest BCUT2D eigenvalue weighted by Gasteiger charge is -2.09. The molecule has 0 aliphatic heterocycles. The standard InChI is InChI=1S/C9H12FNO2S/c1-2-8(10)7-5-3-4-6-9(7)14(11,12)13/h3-6,8H,2H2,1H3,(H2,11,12,13). The van der Waals surface area contributed by atoms with Crippen molar-refractivity contribution in [3.8, 4) is 0 Å². The van der Waals surface area contributed by atoms with Crippen LogP contribution in [0.5, 0.6) is 0 Å². The van der Waals surface area contributed by atoms with Crippen LogP contribution < -0.4 is 5.14 Å². The molecule has 78 valence electrons. The first-order valence-electron chi connectivity index (χ1n) is 4.22. The van der Waals surface area contributed by atoms with Crippen molar-refractivity contribution in [2.75, 3.05) is 0 Å². The van der Waals surface area contributed by atoms with Crippen LogP contribution in [0, 0.1) is 0 Å². The van der Waals surface area contributed by atoms with Crippen LogP contribution in [0.25, 0.3) is 0 Å². The van der Waals surface area contributed by atoms with Crippen molar-refractivity contribution < 1.29 is 12.8 Å². The molecule has 1 aromatic rings. The second kappa shape index (κ2) is 4.06. The number of alkyl halides is 1. The summed E-state index contributed by atoms with van der Waals surface area (Å²) < 4.78 is 35.5. The van der Waals surface area contributed by atoms with Gasteiger partial charge < -0.3 is 0 Å². The Hall–Kier alpha value is -0.940. The van der Waals surface area contributed by atoms with Crippen molar-refractivity contribution in [2.24, 2.45) is 5.14 Å². The number of nitrogens with two attached hydrogens (primary N) is 1. The summed E-state index contributed by atoms with van der Waals surface area (Å²) in [6.45, 7) is 1.64. The van der Waals surface area contributed by atoms with E-state index in [2.05, 4.69) is 0 Å². The van der Waals surface area contributed by atoms with Crippen LogP contribution in [-0.4, -0.2) is 8.42 Å². The molecular weight excluding hydrogens is 205 g/mol. The summed E-state index contributed by atoms with van der Waals surface area (Å²) in [5.74, 6) is 0. The van der Waals surface area contributed by atoms with Gasteiger partial charge in [-0.25, -0.2) is 17.9 Å². The monoisotopic (exact) mass is 217 g/mol. The van der Waals surface area contributed by atoms with Gasteiger partial charge in [-0.15, -0.1) is 0 Å². The first-order valence-corrected chi connectivity index (χ1v) is 5.77. The molecule has 0 aliphatic carbocycles. The van der Waals surface area contributed by atoms with Crippen LogP contribution in [0.1, 0.15) is 25.1 Å². The molecular formula is C9H12FNO2S. The maximum atomic E-state index is 13.3. The minimum Gasteiger partial charge on any atom is -0.242 e. The molecule has 0 saturated carbocycles. The normalized spacial score (nSPS) is 13.9. The van der Waals surface area contributed by atoms with Crippen LogP contribution in [0.2, 0.25) is 0 Å². The molecule has 2 N–H and O–H groups in total. The van der Waals surface area contributed by atoms with Crippen molar-refractivity contribution in [1.29, 1.82) is 0 Å². The van der Waals surface area contributed by atoms with E-state index < -0.39 is 16.2 Å². The molecule has 1 rings (SSSR count). The second-order valence-electron chi connectivity index (χ2n) is 2.96. The summed E-state index contributed by atoms with van der Waals surface area (Å²) in [6, 6.07) is 5.86. The van der Waals surface area contributed by atoms with E-state index in [1.807, 2.05) is 0 Å². The topological polar surface area (TPSA) is 60.2 Å². The van der Waals surface area contributed by atoms with Gasteiger partial charge in [0.05, 0.1) is 4.90 Å². The number of sulfonamides is 1. The smallest absolute Gasteiger partial charge is 0.238 e. The Balaban J connectivity index is 3.30. The molecule has 0 heterocycles. The predicted molar refractivity (Wildman–Crippen MR) is 52.0 cm³/mol. The van der Waals surface area contributed by atoms with Gasteiger partial charge >= 0.3 is 0 Å². The van der Waals surface area contributed by atoms with Crippen molar-refractivity contribution in [2.45, 2.75) is 24.4 Å². The van der Waals surface area contributed by atoms with Gasteiger partial charge in [-0.1, -0.05) is 25.1 Å². The summed E-state index contributed by atoms with van der Waals surface area (Å²) in [6.07, 6.45) is -1.06. The first-order chi connectivity index (χ1) is 6.46. The molecule has 0 aliphatic rings. The van der Waals surface area contributed by atoms with E-state index in [-0.39, 0.29) is 16.9 Å². The number of hydrogen-bond donors (Lipinski definition) is 1. The highest BCUT2D eigenvalue weighted by molar-refractivity contribution is 7.89. The molecule has 5 heteroatoms. The third-order valence-corrected chi connectivity index (χ3v) is 2.91. The molecule has 0 amide bonds. The quantitative estimate of drug-likeness (QED) is 0.838. The molecule has 3 nitrogen and oxygen atoms in total. The van der Waals surface area contributed by atoms with Gasteiger partial charge in [-0.05, 0) is 12.5 Å². The van der Waals surface area contributed by atoms with Gasteiger partial charge in [-0.2, -0.15) is 0 Å². The maximum Gasteiger partial charge on any atom is 0.238 e. The highest BCUT2D eigenvalue weighted by atomic mass is 32.2. The predicted octanol–water partition coefficient (Wildman–Crippen LogP) is 1.75. The SMILES string of the molecule is CCC(F)c1ccccc1S(N)(=O)=O. The van der Waals surface area contributed by atoms with E-state index in [9.17, 15) is 12.8 Å². The van der Waals surface area contributed by atoms with Gasteiger partial charge in [-0.3, -0.25) is 0 Å². The number of benzene rings is 1. The Morgan fingerprint density at radius 3 is 2.50 bits per heavy atom.